The molecule has 0 saturated heterocycles. The third-order valence-corrected chi connectivity index (χ3v) is 9.99. The molecule has 0 aromatic carbocycles. The highest BCUT2D eigenvalue weighted by Gasteiger charge is 2.06. The Hall–Kier alpha value is 0. The first-order valence-electron chi connectivity index (χ1n) is 20.2. The van der Waals surface area contributed by atoms with Gasteiger partial charge in [0.05, 0.1) is 0 Å². The zero-order valence-electron chi connectivity index (χ0n) is 29.9. The largest absolute Gasteiger partial charge is 0.0654 e. The van der Waals surface area contributed by atoms with Crippen molar-refractivity contribution in [2.24, 2.45) is 11.8 Å². The summed E-state index contributed by atoms with van der Waals surface area (Å²) >= 11 is 0. The molecule has 0 saturated carbocycles. The fourth-order valence-corrected chi connectivity index (χ4v) is 6.83. The van der Waals surface area contributed by atoms with Gasteiger partial charge in [-0.15, -0.1) is 0 Å². The van der Waals surface area contributed by atoms with Crippen LogP contribution in [0.25, 0.3) is 0 Å². The van der Waals surface area contributed by atoms with E-state index in [2.05, 4.69) is 27.7 Å². The smallest absolute Gasteiger partial charge is 0.0443 e. The molecule has 0 aromatic rings. The van der Waals surface area contributed by atoms with Crippen LogP contribution in [0.2, 0.25) is 0 Å². The van der Waals surface area contributed by atoms with Crippen molar-refractivity contribution in [3.8, 4) is 0 Å². The van der Waals surface area contributed by atoms with Crippen LogP contribution >= 0.6 is 0 Å². The van der Waals surface area contributed by atoms with E-state index < -0.39 is 0 Å². The lowest BCUT2D eigenvalue weighted by molar-refractivity contribution is 0.390. The molecule has 41 heavy (non-hydrogen) atoms. The van der Waals surface area contributed by atoms with Gasteiger partial charge >= 0.3 is 0 Å². The van der Waals surface area contributed by atoms with Crippen LogP contribution in [-0.2, 0) is 0 Å². The summed E-state index contributed by atoms with van der Waals surface area (Å²) in [5.41, 5.74) is 0. The summed E-state index contributed by atoms with van der Waals surface area (Å²) in [5.74, 6) is 1.91. The van der Waals surface area contributed by atoms with Gasteiger partial charge < -0.3 is 0 Å². The first-order valence-corrected chi connectivity index (χ1v) is 20.2. The minimum Gasteiger partial charge on any atom is -0.0654 e. The number of hydrogen-bond acceptors (Lipinski definition) is 0. The van der Waals surface area contributed by atoms with Crippen LogP contribution in [0.3, 0.4) is 0 Å². The molecule has 0 spiro atoms. The molecule has 0 heteroatoms. The minimum atomic E-state index is 0.954. The highest BCUT2D eigenvalue weighted by Crippen LogP contribution is 2.22. The van der Waals surface area contributed by atoms with Gasteiger partial charge in [0, 0.05) is 0 Å². The minimum absolute atomic E-state index is 0.954. The van der Waals surface area contributed by atoms with Crippen LogP contribution in [-0.4, -0.2) is 0 Å². The fraction of sp³-hybridized carbons (Fsp3) is 1.00. The van der Waals surface area contributed by atoms with Crippen molar-refractivity contribution in [2.75, 3.05) is 0 Å². The fourth-order valence-electron chi connectivity index (χ4n) is 6.83. The Morgan fingerprint density at radius 1 is 0.220 bits per heavy atom. The van der Waals surface area contributed by atoms with Gasteiger partial charge in [-0.3, -0.25) is 0 Å². The standard InChI is InChI=1S/C41H84/c1-5-7-9-11-13-15-17-18-19-20-21-22-23-24-25-26-28-30-32-34-37-41(4)39-35-38-40(3)36-33-31-29-27-16-14-12-10-8-6-2/h40-41H,5-39H2,1-4H3/t40-,41+/m1/s1. The highest BCUT2D eigenvalue weighted by atomic mass is 14.1. The molecule has 0 aliphatic carbocycles. The van der Waals surface area contributed by atoms with Gasteiger partial charge in [0.1, 0.15) is 0 Å². The predicted octanol–water partition coefficient (Wildman–Crippen LogP) is 16.0. The van der Waals surface area contributed by atoms with Crippen LogP contribution in [0, 0.1) is 11.8 Å². The molecule has 0 aliphatic heterocycles. The Morgan fingerprint density at radius 3 is 0.610 bits per heavy atom. The van der Waals surface area contributed by atoms with Crippen LogP contribution < -0.4 is 0 Å². The molecule has 0 N–H and O–H groups in total. The maximum Gasteiger partial charge on any atom is -0.0443 e. The van der Waals surface area contributed by atoms with Gasteiger partial charge in [-0.05, 0) is 11.8 Å². The quantitative estimate of drug-likeness (QED) is 0.0651. The first-order chi connectivity index (χ1) is 20.2. The van der Waals surface area contributed by atoms with E-state index in [4.69, 9.17) is 0 Å². The normalized spacial score (nSPS) is 13.2. The van der Waals surface area contributed by atoms with Crippen LogP contribution in [0.5, 0.6) is 0 Å². The maximum absolute atomic E-state index is 2.52. The second kappa shape index (κ2) is 36.2. The van der Waals surface area contributed by atoms with Gasteiger partial charge in [-0.1, -0.05) is 252 Å². The number of unbranched alkanes of at least 4 members (excludes halogenated alkanes) is 28. The molecule has 0 amide bonds. The van der Waals surface area contributed by atoms with Gasteiger partial charge in [-0.2, -0.15) is 0 Å². The molecule has 0 aliphatic rings. The molecule has 0 rings (SSSR count). The topological polar surface area (TPSA) is 0 Å². The number of rotatable bonds is 36. The lowest BCUT2D eigenvalue weighted by Gasteiger charge is -2.14. The summed E-state index contributed by atoms with van der Waals surface area (Å²) in [6.07, 6.45) is 51.6. The van der Waals surface area contributed by atoms with E-state index in [9.17, 15) is 0 Å². The summed E-state index contributed by atoms with van der Waals surface area (Å²) < 4.78 is 0. The Balaban J connectivity index is 3.23. The molecule has 248 valence electrons. The van der Waals surface area contributed by atoms with Gasteiger partial charge in [0.2, 0.25) is 0 Å². The summed E-state index contributed by atoms with van der Waals surface area (Å²) in [4.78, 5) is 0. The lowest BCUT2D eigenvalue weighted by atomic mass is 9.92. The van der Waals surface area contributed by atoms with Gasteiger partial charge in [0.15, 0.2) is 0 Å². The second-order valence-corrected chi connectivity index (χ2v) is 14.6. The Morgan fingerprint density at radius 2 is 0.390 bits per heavy atom. The van der Waals surface area contributed by atoms with Crippen LogP contribution in [0.1, 0.15) is 252 Å². The zero-order valence-corrected chi connectivity index (χ0v) is 29.9. The summed E-state index contributed by atoms with van der Waals surface area (Å²) in [6, 6.07) is 0. The predicted molar refractivity (Wildman–Crippen MR) is 191 cm³/mol. The molecule has 0 bridgehead atoms. The van der Waals surface area contributed by atoms with E-state index in [-0.39, 0.29) is 0 Å². The molecule has 0 radical (unpaired) electrons. The monoisotopic (exact) mass is 577 g/mol. The van der Waals surface area contributed by atoms with Crippen molar-refractivity contribution < 1.29 is 0 Å². The van der Waals surface area contributed by atoms with E-state index in [0.29, 0.717) is 0 Å². The second-order valence-electron chi connectivity index (χ2n) is 14.6. The molecule has 2 atom stereocenters. The molecule has 0 fully saturated rings. The van der Waals surface area contributed by atoms with E-state index in [1.807, 2.05) is 0 Å². The molecule has 0 heterocycles. The Kier molecular flexibility index (Phi) is 36.2. The highest BCUT2D eigenvalue weighted by molar-refractivity contribution is 4.60. The average molecular weight is 577 g/mol. The summed E-state index contributed by atoms with van der Waals surface area (Å²) in [7, 11) is 0. The van der Waals surface area contributed by atoms with Gasteiger partial charge in [-0.25, -0.2) is 0 Å². The van der Waals surface area contributed by atoms with Gasteiger partial charge in [0.25, 0.3) is 0 Å². The van der Waals surface area contributed by atoms with Crippen molar-refractivity contribution >= 4 is 0 Å². The maximum atomic E-state index is 2.52. The van der Waals surface area contributed by atoms with Crippen molar-refractivity contribution in [2.45, 2.75) is 252 Å². The molecular formula is C41H84. The van der Waals surface area contributed by atoms with Crippen molar-refractivity contribution in [1.82, 2.24) is 0 Å². The van der Waals surface area contributed by atoms with E-state index in [1.165, 1.54) is 225 Å². The average Bonchev–Trinajstić information content (AvgIpc) is 2.97. The molecule has 0 aromatic heterocycles. The third-order valence-electron chi connectivity index (χ3n) is 9.99. The SMILES string of the molecule is CCCCCCCCCCCCCCCCCCCCCC[C@H](C)CCC[C@H](C)CCCCCCCCCCCC. The third kappa shape index (κ3) is 36.1. The van der Waals surface area contributed by atoms with Crippen molar-refractivity contribution in [3.63, 3.8) is 0 Å². The van der Waals surface area contributed by atoms with E-state index in [1.54, 1.807) is 0 Å². The Labute approximate surface area is 263 Å². The first kappa shape index (κ1) is 41.0. The zero-order chi connectivity index (χ0) is 29.9. The molecule has 0 unspecified atom stereocenters. The molecule has 0 nitrogen and oxygen atoms in total. The summed E-state index contributed by atoms with van der Waals surface area (Å²) in [6.45, 7) is 9.65. The lowest BCUT2D eigenvalue weighted by Crippen LogP contribution is -1.99. The van der Waals surface area contributed by atoms with E-state index >= 15 is 0 Å². The summed E-state index contributed by atoms with van der Waals surface area (Å²) in [5, 5.41) is 0. The van der Waals surface area contributed by atoms with Crippen molar-refractivity contribution in [3.05, 3.63) is 0 Å². The number of hydrogen-bond donors (Lipinski definition) is 0. The van der Waals surface area contributed by atoms with Crippen molar-refractivity contribution in [1.29, 1.82) is 0 Å². The molecular weight excluding hydrogens is 492 g/mol. The Bertz CT molecular complexity index is 439. The van der Waals surface area contributed by atoms with E-state index in [0.717, 1.165) is 11.8 Å². The van der Waals surface area contributed by atoms with Crippen LogP contribution in [0.15, 0.2) is 0 Å². The van der Waals surface area contributed by atoms with Crippen LogP contribution in [0.4, 0.5) is 0 Å².